The maximum Gasteiger partial charge on any atom is 0.164 e. The van der Waals surface area contributed by atoms with Crippen molar-refractivity contribution < 1.29 is 0 Å². The van der Waals surface area contributed by atoms with Crippen LogP contribution in [0.3, 0.4) is 0 Å². The zero-order valence-electron chi connectivity index (χ0n) is 29.6. The maximum absolute atomic E-state index is 5.15. The molecule has 1 aliphatic carbocycles. The molecule has 0 aliphatic heterocycles. The molecule has 0 amide bonds. The van der Waals surface area contributed by atoms with Crippen molar-refractivity contribution in [3.8, 4) is 67.5 Å². The van der Waals surface area contributed by atoms with Gasteiger partial charge in [0.1, 0.15) is 0 Å². The Morgan fingerprint density at radius 1 is 0.340 bits per heavy atom. The molecule has 0 bridgehead atoms. The van der Waals surface area contributed by atoms with Gasteiger partial charge < -0.3 is 0 Å². The molecule has 10 rings (SSSR count). The van der Waals surface area contributed by atoms with E-state index in [1.54, 1.807) is 0 Å². The van der Waals surface area contributed by atoms with Crippen molar-refractivity contribution in [3.63, 3.8) is 0 Å². The minimum atomic E-state index is -0.0751. The van der Waals surface area contributed by atoms with Crippen LogP contribution in [0.1, 0.15) is 25.0 Å². The molecular formula is C50H35N3. The van der Waals surface area contributed by atoms with Crippen molar-refractivity contribution in [2.45, 2.75) is 19.3 Å². The Morgan fingerprint density at radius 3 is 1.62 bits per heavy atom. The highest BCUT2D eigenvalue weighted by molar-refractivity contribution is 6.04. The second kappa shape index (κ2) is 12.2. The highest BCUT2D eigenvalue weighted by Gasteiger charge is 2.36. The first kappa shape index (κ1) is 31.1. The van der Waals surface area contributed by atoms with Crippen molar-refractivity contribution in [1.82, 2.24) is 15.0 Å². The number of fused-ring (bicyclic) bond motifs is 6. The van der Waals surface area contributed by atoms with Crippen LogP contribution in [0.15, 0.2) is 176 Å². The van der Waals surface area contributed by atoms with E-state index in [1.807, 2.05) is 24.3 Å². The molecule has 0 unspecified atom stereocenters. The molecule has 3 heteroatoms. The number of benzene rings is 8. The minimum Gasteiger partial charge on any atom is -0.208 e. The zero-order valence-corrected chi connectivity index (χ0v) is 29.6. The van der Waals surface area contributed by atoms with Crippen molar-refractivity contribution in [2.75, 3.05) is 0 Å². The average Bonchev–Trinajstić information content (AvgIpc) is 3.47. The first-order valence-corrected chi connectivity index (χ1v) is 18.2. The minimum absolute atomic E-state index is 0.0751. The first-order chi connectivity index (χ1) is 26.0. The fourth-order valence-electron chi connectivity index (χ4n) is 8.26. The van der Waals surface area contributed by atoms with Gasteiger partial charge in [-0.3, -0.25) is 0 Å². The third-order valence-corrected chi connectivity index (χ3v) is 10.9. The Labute approximate surface area is 309 Å². The zero-order chi connectivity index (χ0) is 35.5. The number of hydrogen-bond donors (Lipinski definition) is 0. The summed E-state index contributed by atoms with van der Waals surface area (Å²) in [4.78, 5) is 15.3. The molecule has 3 nitrogen and oxygen atoms in total. The van der Waals surface area contributed by atoms with Gasteiger partial charge in [-0.1, -0.05) is 172 Å². The molecule has 0 saturated heterocycles. The van der Waals surface area contributed by atoms with E-state index in [0.29, 0.717) is 17.5 Å². The van der Waals surface area contributed by atoms with Crippen LogP contribution in [0, 0.1) is 0 Å². The Bertz CT molecular complexity index is 2840. The molecular weight excluding hydrogens is 643 g/mol. The van der Waals surface area contributed by atoms with Crippen LogP contribution >= 0.6 is 0 Å². The van der Waals surface area contributed by atoms with Crippen molar-refractivity contribution >= 4 is 21.5 Å². The van der Waals surface area contributed by atoms with E-state index in [1.165, 1.54) is 44.0 Å². The Balaban J connectivity index is 1.12. The fourth-order valence-corrected chi connectivity index (χ4v) is 8.26. The predicted molar refractivity (Wildman–Crippen MR) is 220 cm³/mol. The topological polar surface area (TPSA) is 38.7 Å². The molecule has 0 N–H and O–H groups in total. The maximum atomic E-state index is 5.15. The first-order valence-electron chi connectivity index (χ1n) is 18.2. The normalized spacial score (nSPS) is 12.9. The summed E-state index contributed by atoms with van der Waals surface area (Å²) in [6.07, 6.45) is 0. The van der Waals surface area contributed by atoms with Crippen LogP contribution in [0.2, 0.25) is 0 Å². The summed E-state index contributed by atoms with van der Waals surface area (Å²) in [5, 5.41) is 4.88. The van der Waals surface area contributed by atoms with Crippen molar-refractivity contribution in [2.24, 2.45) is 0 Å². The van der Waals surface area contributed by atoms with E-state index in [-0.39, 0.29) is 5.41 Å². The van der Waals surface area contributed by atoms with Gasteiger partial charge in [-0.25, -0.2) is 15.0 Å². The molecule has 53 heavy (non-hydrogen) atoms. The lowest BCUT2D eigenvalue weighted by molar-refractivity contribution is 0.666. The second-order valence-corrected chi connectivity index (χ2v) is 14.5. The standard InChI is InChI=1S/C50H35N3/c1-50(2)45-20-12-11-19-42(45)43-28-26-37-29-38(25-27-41(37)46(43)50)44-31-39(30-36-17-9-10-18-40(36)44)49-52-47(34-15-7-4-8-16-34)51-48(53-49)35-23-21-33(22-24-35)32-13-5-3-6-14-32/h3-31H,1-2H3. The Kier molecular flexibility index (Phi) is 7.16. The molecule has 0 atom stereocenters. The third-order valence-electron chi connectivity index (χ3n) is 10.9. The molecule has 9 aromatic rings. The lowest BCUT2D eigenvalue weighted by Crippen LogP contribution is -2.15. The fraction of sp³-hybridized carbons (Fsp3) is 0.0600. The number of hydrogen-bond acceptors (Lipinski definition) is 3. The van der Waals surface area contributed by atoms with Crippen molar-refractivity contribution in [1.29, 1.82) is 0 Å². The molecule has 0 saturated carbocycles. The molecule has 1 aliphatic rings. The molecule has 250 valence electrons. The van der Waals surface area contributed by atoms with Crippen LogP contribution in [-0.4, -0.2) is 15.0 Å². The van der Waals surface area contributed by atoms with E-state index >= 15 is 0 Å². The second-order valence-electron chi connectivity index (χ2n) is 14.5. The molecule has 0 spiro atoms. The summed E-state index contributed by atoms with van der Waals surface area (Å²) >= 11 is 0. The van der Waals surface area contributed by atoms with Crippen LogP contribution in [0.5, 0.6) is 0 Å². The van der Waals surface area contributed by atoms with E-state index in [0.717, 1.165) is 38.8 Å². The summed E-state index contributed by atoms with van der Waals surface area (Å²) in [6, 6.07) is 62.6. The third kappa shape index (κ3) is 5.24. The van der Waals surface area contributed by atoms with Gasteiger partial charge in [0.25, 0.3) is 0 Å². The van der Waals surface area contributed by atoms with Gasteiger partial charge in [0.05, 0.1) is 0 Å². The summed E-state index contributed by atoms with van der Waals surface area (Å²) in [7, 11) is 0. The summed E-state index contributed by atoms with van der Waals surface area (Å²) < 4.78 is 0. The van der Waals surface area contributed by atoms with E-state index in [4.69, 9.17) is 15.0 Å². The largest absolute Gasteiger partial charge is 0.208 e. The van der Waals surface area contributed by atoms with Crippen molar-refractivity contribution in [3.05, 3.63) is 187 Å². The van der Waals surface area contributed by atoms with Gasteiger partial charge in [-0.15, -0.1) is 0 Å². The summed E-state index contributed by atoms with van der Waals surface area (Å²) in [5.74, 6) is 1.94. The van der Waals surface area contributed by atoms with Crippen LogP contribution < -0.4 is 0 Å². The van der Waals surface area contributed by atoms with Crippen LogP contribution in [-0.2, 0) is 5.41 Å². The lowest BCUT2D eigenvalue weighted by atomic mass is 9.80. The predicted octanol–water partition coefficient (Wildman–Crippen LogP) is 12.8. The quantitative estimate of drug-likeness (QED) is 0.182. The summed E-state index contributed by atoms with van der Waals surface area (Å²) in [6.45, 7) is 4.71. The number of rotatable bonds is 5. The molecule has 1 aromatic heterocycles. The average molecular weight is 678 g/mol. The Hall–Kier alpha value is -6.71. The molecule has 0 radical (unpaired) electrons. The number of nitrogens with zero attached hydrogens (tertiary/aromatic N) is 3. The molecule has 8 aromatic carbocycles. The van der Waals surface area contributed by atoms with Gasteiger partial charge >= 0.3 is 0 Å². The Morgan fingerprint density at radius 2 is 0.868 bits per heavy atom. The summed E-state index contributed by atoms with van der Waals surface area (Å²) in [5.41, 5.74) is 12.9. The molecule has 0 fully saturated rings. The molecule has 1 heterocycles. The highest BCUT2D eigenvalue weighted by atomic mass is 15.0. The van der Waals surface area contributed by atoms with Gasteiger partial charge in [-0.2, -0.15) is 0 Å². The van der Waals surface area contributed by atoms with Crippen LogP contribution in [0.4, 0.5) is 0 Å². The highest BCUT2D eigenvalue weighted by Crippen LogP contribution is 2.51. The van der Waals surface area contributed by atoms with Gasteiger partial charge in [0.15, 0.2) is 17.5 Å². The van der Waals surface area contributed by atoms with E-state index < -0.39 is 0 Å². The van der Waals surface area contributed by atoms with E-state index in [2.05, 4.69) is 166 Å². The SMILES string of the molecule is CC1(C)c2ccccc2-c2ccc3cc(-c4cc(-c5nc(-c6ccccc6)nc(-c6ccc(-c7ccccc7)cc6)n5)cc5ccccc45)ccc3c21. The van der Waals surface area contributed by atoms with Gasteiger partial charge in [0, 0.05) is 22.1 Å². The van der Waals surface area contributed by atoms with Crippen LogP contribution in [0.25, 0.3) is 89.1 Å². The van der Waals surface area contributed by atoms with Gasteiger partial charge in [0.2, 0.25) is 0 Å². The van der Waals surface area contributed by atoms with E-state index in [9.17, 15) is 0 Å². The smallest absolute Gasteiger partial charge is 0.164 e. The monoisotopic (exact) mass is 677 g/mol. The van der Waals surface area contributed by atoms with Gasteiger partial charge in [-0.05, 0) is 84.3 Å². The number of aromatic nitrogens is 3. The lowest BCUT2D eigenvalue weighted by Gasteiger charge is -2.23.